The Hall–Kier alpha value is -1.10. The lowest BCUT2D eigenvalue weighted by Crippen LogP contribution is -2.30. The van der Waals surface area contributed by atoms with Crippen LogP contribution < -0.4 is 0 Å². The lowest BCUT2D eigenvalue weighted by Gasteiger charge is -2.16. The molecule has 0 aliphatic carbocycles. The van der Waals surface area contributed by atoms with Gasteiger partial charge in [0.25, 0.3) is 0 Å². The van der Waals surface area contributed by atoms with Crippen molar-refractivity contribution >= 4 is 11.9 Å². The van der Waals surface area contributed by atoms with Crippen molar-refractivity contribution in [2.75, 3.05) is 26.8 Å². The van der Waals surface area contributed by atoms with E-state index in [0.717, 1.165) is 0 Å². The molecule has 1 unspecified atom stereocenters. The molecule has 0 saturated carbocycles. The van der Waals surface area contributed by atoms with E-state index in [2.05, 4.69) is 0 Å². The first-order chi connectivity index (χ1) is 7.54. The van der Waals surface area contributed by atoms with Crippen molar-refractivity contribution in [1.82, 2.24) is 4.90 Å². The normalized spacial score (nSPS) is 20.6. The van der Waals surface area contributed by atoms with Crippen LogP contribution >= 0.6 is 0 Å². The van der Waals surface area contributed by atoms with Gasteiger partial charge in [0.2, 0.25) is 5.91 Å². The van der Waals surface area contributed by atoms with Gasteiger partial charge in [0.15, 0.2) is 0 Å². The van der Waals surface area contributed by atoms with E-state index in [1.54, 1.807) is 25.9 Å². The van der Waals surface area contributed by atoms with Crippen molar-refractivity contribution in [1.29, 1.82) is 0 Å². The molecule has 1 fully saturated rings. The predicted molar refractivity (Wildman–Crippen MR) is 57.8 cm³/mol. The van der Waals surface area contributed by atoms with E-state index in [-0.39, 0.29) is 30.3 Å². The number of esters is 1. The van der Waals surface area contributed by atoms with Crippen LogP contribution in [-0.2, 0) is 19.1 Å². The quantitative estimate of drug-likeness (QED) is 0.642. The zero-order valence-electron chi connectivity index (χ0n) is 10.1. The number of hydrogen-bond acceptors (Lipinski definition) is 4. The summed E-state index contributed by atoms with van der Waals surface area (Å²) in [5.74, 6) is -0.585. The first-order valence-corrected chi connectivity index (χ1v) is 5.51. The summed E-state index contributed by atoms with van der Waals surface area (Å²) in [5.41, 5.74) is 0. The molecule has 1 rings (SSSR count). The second kappa shape index (κ2) is 5.84. The molecule has 1 aliphatic rings. The standard InChI is InChI=1S/C11H19NO4/c1-8(2)16-11(14)9-6-10(13)12(7-9)4-5-15-3/h8-9H,4-7H2,1-3H3. The molecule has 1 aliphatic heterocycles. The van der Waals surface area contributed by atoms with Crippen LogP contribution in [0.15, 0.2) is 0 Å². The smallest absolute Gasteiger partial charge is 0.311 e. The largest absolute Gasteiger partial charge is 0.463 e. The lowest BCUT2D eigenvalue weighted by atomic mass is 10.1. The Bertz CT molecular complexity index is 265. The van der Waals surface area contributed by atoms with Gasteiger partial charge in [0, 0.05) is 26.6 Å². The molecule has 16 heavy (non-hydrogen) atoms. The van der Waals surface area contributed by atoms with Gasteiger partial charge >= 0.3 is 5.97 Å². The van der Waals surface area contributed by atoms with Crippen LogP contribution in [0, 0.1) is 5.92 Å². The van der Waals surface area contributed by atoms with E-state index < -0.39 is 0 Å². The van der Waals surface area contributed by atoms with Crippen molar-refractivity contribution < 1.29 is 19.1 Å². The molecule has 0 spiro atoms. The summed E-state index contributed by atoms with van der Waals surface area (Å²) in [6.07, 6.45) is 0.130. The van der Waals surface area contributed by atoms with E-state index in [0.29, 0.717) is 19.7 Å². The number of hydrogen-bond donors (Lipinski definition) is 0. The fourth-order valence-electron chi connectivity index (χ4n) is 1.68. The monoisotopic (exact) mass is 229 g/mol. The van der Waals surface area contributed by atoms with Crippen molar-refractivity contribution in [2.24, 2.45) is 5.92 Å². The van der Waals surface area contributed by atoms with E-state index in [9.17, 15) is 9.59 Å². The van der Waals surface area contributed by atoms with Gasteiger partial charge in [-0.2, -0.15) is 0 Å². The molecule has 1 saturated heterocycles. The van der Waals surface area contributed by atoms with Gasteiger partial charge in [-0.05, 0) is 13.8 Å². The Labute approximate surface area is 95.7 Å². The van der Waals surface area contributed by atoms with Crippen molar-refractivity contribution in [2.45, 2.75) is 26.4 Å². The zero-order chi connectivity index (χ0) is 12.1. The second-order valence-electron chi connectivity index (χ2n) is 4.22. The number of rotatable bonds is 5. The molecule has 1 heterocycles. The highest BCUT2D eigenvalue weighted by Crippen LogP contribution is 2.19. The maximum Gasteiger partial charge on any atom is 0.311 e. The molecule has 0 radical (unpaired) electrons. The summed E-state index contributed by atoms with van der Waals surface area (Å²) in [4.78, 5) is 24.8. The van der Waals surface area contributed by atoms with E-state index in [1.807, 2.05) is 0 Å². The summed E-state index contributed by atoms with van der Waals surface area (Å²) >= 11 is 0. The zero-order valence-corrected chi connectivity index (χ0v) is 10.1. The maximum atomic E-state index is 11.6. The number of carbonyl (C=O) groups is 2. The molecule has 0 aromatic rings. The summed E-state index contributed by atoms with van der Waals surface area (Å²) in [5, 5.41) is 0. The average Bonchev–Trinajstić information content (AvgIpc) is 2.56. The van der Waals surface area contributed by atoms with E-state index in [1.165, 1.54) is 0 Å². The first-order valence-electron chi connectivity index (χ1n) is 5.51. The number of carbonyl (C=O) groups excluding carboxylic acids is 2. The fraction of sp³-hybridized carbons (Fsp3) is 0.818. The molecule has 1 amide bonds. The average molecular weight is 229 g/mol. The van der Waals surface area contributed by atoms with Crippen LogP contribution in [0.5, 0.6) is 0 Å². The third-order valence-corrected chi connectivity index (χ3v) is 2.47. The van der Waals surface area contributed by atoms with Crippen LogP contribution in [0.1, 0.15) is 20.3 Å². The van der Waals surface area contributed by atoms with E-state index >= 15 is 0 Å². The Morgan fingerprint density at radius 2 is 2.25 bits per heavy atom. The van der Waals surface area contributed by atoms with Crippen LogP contribution in [0.2, 0.25) is 0 Å². The molecule has 0 N–H and O–H groups in total. The Morgan fingerprint density at radius 1 is 1.56 bits per heavy atom. The molecule has 5 heteroatoms. The fourth-order valence-corrected chi connectivity index (χ4v) is 1.68. The first kappa shape index (κ1) is 13.0. The minimum atomic E-state index is -0.313. The van der Waals surface area contributed by atoms with Crippen LogP contribution in [0.4, 0.5) is 0 Å². The summed E-state index contributed by atoms with van der Waals surface area (Å²) < 4.78 is 9.99. The molecular formula is C11H19NO4. The minimum Gasteiger partial charge on any atom is -0.463 e. The molecular weight excluding hydrogens is 210 g/mol. The highest BCUT2D eigenvalue weighted by molar-refractivity contribution is 5.86. The summed E-state index contributed by atoms with van der Waals surface area (Å²) in [7, 11) is 1.59. The van der Waals surface area contributed by atoms with Gasteiger partial charge in [0.05, 0.1) is 18.6 Å². The molecule has 0 aromatic carbocycles. The van der Waals surface area contributed by atoms with E-state index in [4.69, 9.17) is 9.47 Å². The van der Waals surface area contributed by atoms with Gasteiger partial charge in [0.1, 0.15) is 0 Å². The Balaban J connectivity index is 2.43. The van der Waals surface area contributed by atoms with Gasteiger partial charge in [-0.15, -0.1) is 0 Å². The number of likely N-dealkylation sites (tertiary alicyclic amines) is 1. The number of amides is 1. The highest BCUT2D eigenvalue weighted by atomic mass is 16.5. The number of ether oxygens (including phenoxy) is 2. The van der Waals surface area contributed by atoms with Crippen molar-refractivity contribution in [3.63, 3.8) is 0 Å². The molecule has 5 nitrogen and oxygen atoms in total. The topological polar surface area (TPSA) is 55.8 Å². The van der Waals surface area contributed by atoms with Gasteiger partial charge in [-0.25, -0.2) is 0 Å². The maximum absolute atomic E-state index is 11.6. The Kier molecular flexibility index (Phi) is 4.73. The van der Waals surface area contributed by atoms with Gasteiger partial charge < -0.3 is 14.4 Å². The molecule has 1 atom stereocenters. The van der Waals surface area contributed by atoms with Crippen molar-refractivity contribution in [3.8, 4) is 0 Å². The third-order valence-electron chi connectivity index (χ3n) is 2.47. The van der Waals surface area contributed by atoms with Gasteiger partial charge in [-0.1, -0.05) is 0 Å². The minimum absolute atomic E-state index is 0.00255. The second-order valence-corrected chi connectivity index (χ2v) is 4.22. The van der Waals surface area contributed by atoms with Crippen LogP contribution in [0.25, 0.3) is 0 Å². The van der Waals surface area contributed by atoms with Crippen LogP contribution in [-0.4, -0.2) is 49.7 Å². The molecule has 92 valence electrons. The molecule has 0 bridgehead atoms. The van der Waals surface area contributed by atoms with Crippen molar-refractivity contribution in [3.05, 3.63) is 0 Å². The van der Waals surface area contributed by atoms with Gasteiger partial charge in [-0.3, -0.25) is 9.59 Å². The SMILES string of the molecule is COCCN1CC(C(=O)OC(C)C)CC1=O. The summed E-state index contributed by atoms with van der Waals surface area (Å²) in [6, 6.07) is 0. The number of methoxy groups -OCH3 is 1. The lowest BCUT2D eigenvalue weighted by molar-refractivity contribution is -0.152. The van der Waals surface area contributed by atoms with Crippen LogP contribution in [0.3, 0.4) is 0 Å². The highest BCUT2D eigenvalue weighted by Gasteiger charge is 2.35. The Morgan fingerprint density at radius 3 is 2.81 bits per heavy atom. The number of nitrogens with zero attached hydrogens (tertiary/aromatic N) is 1. The predicted octanol–water partition coefficient (Wildman–Crippen LogP) is 0.433. The summed E-state index contributed by atoms with van der Waals surface area (Å²) in [6.45, 7) is 5.10. The molecule has 0 aromatic heterocycles. The third kappa shape index (κ3) is 3.48.